The summed E-state index contributed by atoms with van der Waals surface area (Å²) < 4.78 is 6.05. The van der Waals surface area contributed by atoms with E-state index in [1.165, 1.54) is 83.5 Å². The Kier molecular flexibility index (Phi) is 44.9. The Morgan fingerprint density at radius 3 is 1.35 bits per heavy atom. The Hall–Kier alpha value is -3.72. The standard InChI is InChI=1S/C54H92N2O7/c1-3-5-7-9-11-13-15-17-19-20-21-22-23-24-25-27-29-31-33-38-42-46-53(60)63-49(43-39-35-32-30-28-26-18-16-14-12-10-8-6-4-2)44-40-36-34-37-41-45-51(58)55-47-52(59)56-50(48-57)54(61)62/h5,7,11,13,17,19,21-22,24-25,29,31,49-50,57H,3-4,6,8-10,12,14-16,18,20,23,26-28,30,32-48H2,1-2H3,(H,55,58)(H,56,59)(H,61,62)/b7-5-,13-11-,19-17-,22-21-,25-24-,31-29-. The van der Waals surface area contributed by atoms with Gasteiger partial charge in [0.15, 0.2) is 0 Å². The minimum Gasteiger partial charge on any atom is -0.480 e. The van der Waals surface area contributed by atoms with Crippen molar-refractivity contribution in [2.45, 2.75) is 231 Å². The fourth-order valence-electron chi connectivity index (χ4n) is 7.13. The minimum atomic E-state index is -1.39. The van der Waals surface area contributed by atoms with E-state index in [1.807, 2.05) is 0 Å². The molecule has 9 heteroatoms. The minimum absolute atomic E-state index is 0.0401. The van der Waals surface area contributed by atoms with Crippen LogP contribution in [-0.4, -0.2) is 59.3 Å². The largest absolute Gasteiger partial charge is 0.480 e. The van der Waals surface area contributed by atoms with Crippen LogP contribution in [0.15, 0.2) is 72.9 Å². The number of carboxylic acids is 1. The molecule has 0 aromatic carbocycles. The summed E-state index contributed by atoms with van der Waals surface area (Å²) in [4.78, 5) is 47.8. The number of hydrogen-bond donors (Lipinski definition) is 4. The number of aliphatic carboxylic acids is 1. The average Bonchev–Trinajstić information content (AvgIpc) is 3.27. The predicted molar refractivity (Wildman–Crippen MR) is 263 cm³/mol. The van der Waals surface area contributed by atoms with Crippen LogP contribution < -0.4 is 10.6 Å². The summed E-state index contributed by atoms with van der Waals surface area (Å²) in [5.74, 6) is -2.34. The Labute approximate surface area is 384 Å². The average molecular weight is 881 g/mol. The number of rotatable bonds is 45. The molecule has 0 aliphatic heterocycles. The molecule has 4 N–H and O–H groups in total. The van der Waals surface area contributed by atoms with E-state index in [-0.39, 0.29) is 30.9 Å². The van der Waals surface area contributed by atoms with Crippen molar-refractivity contribution in [1.82, 2.24) is 10.6 Å². The van der Waals surface area contributed by atoms with E-state index in [0.717, 1.165) is 103 Å². The normalized spacial score (nSPS) is 13.1. The van der Waals surface area contributed by atoms with Crippen molar-refractivity contribution in [2.75, 3.05) is 13.2 Å². The van der Waals surface area contributed by atoms with Gasteiger partial charge in [0.05, 0.1) is 13.2 Å². The van der Waals surface area contributed by atoms with Crippen LogP contribution in [0.2, 0.25) is 0 Å². The highest BCUT2D eigenvalue weighted by atomic mass is 16.5. The van der Waals surface area contributed by atoms with Crippen molar-refractivity contribution in [2.24, 2.45) is 0 Å². The molecule has 9 nitrogen and oxygen atoms in total. The lowest BCUT2D eigenvalue weighted by Gasteiger charge is -2.18. The van der Waals surface area contributed by atoms with E-state index in [1.54, 1.807) is 0 Å². The topological polar surface area (TPSA) is 142 Å². The maximum absolute atomic E-state index is 12.9. The SMILES string of the molecule is CC/C=C\C/C=C\C/C=C\C/C=C\C/C=C\C/C=C\CCCCC(=O)OC(CCCCCCCCCCCCCCCC)CCCCCCCC(=O)NCC(=O)NC(CO)C(=O)O. The first-order valence-electron chi connectivity index (χ1n) is 25.3. The summed E-state index contributed by atoms with van der Waals surface area (Å²) in [6, 6.07) is -1.39. The van der Waals surface area contributed by atoms with Gasteiger partial charge >= 0.3 is 11.9 Å². The second-order valence-electron chi connectivity index (χ2n) is 16.9. The Morgan fingerprint density at radius 1 is 0.492 bits per heavy atom. The number of aliphatic hydroxyl groups is 1. The maximum atomic E-state index is 12.9. The zero-order valence-electron chi connectivity index (χ0n) is 40.1. The molecule has 0 bridgehead atoms. The van der Waals surface area contributed by atoms with Gasteiger partial charge in [0.2, 0.25) is 11.8 Å². The number of allylic oxidation sites excluding steroid dienone is 12. The summed E-state index contributed by atoms with van der Waals surface area (Å²) >= 11 is 0. The summed E-state index contributed by atoms with van der Waals surface area (Å²) in [6.45, 7) is 3.38. The number of aliphatic hydroxyl groups excluding tert-OH is 1. The number of esters is 1. The number of ether oxygens (including phenoxy) is 1. The fraction of sp³-hybridized carbons (Fsp3) is 0.704. The fourth-order valence-corrected chi connectivity index (χ4v) is 7.13. The first-order valence-corrected chi connectivity index (χ1v) is 25.3. The van der Waals surface area contributed by atoms with Gasteiger partial charge in [-0.1, -0.05) is 189 Å². The lowest BCUT2D eigenvalue weighted by Crippen LogP contribution is -2.47. The molecule has 2 unspecified atom stereocenters. The molecule has 0 fully saturated rings. The molecule has 0 saturated heterocycles. The van der Waals surface area contributed by atoms with Crippen LogP contribution in [0.3, 0.4) is 0 Å². The van der Waals surface area contributed by atoms with Crippen LogP contribution >= 0.6 is 0 Å². The Bertz CT molecular complexity index is 1280. The van der Waals surface area contributed by atoms with E-state index in [0.29, 0.717) is 12.8 Å². The van der Waals surface area contributed by atoms with Gasteiger partial charge in [-0.2, -0.15) is 0 Å². The molecule has 0 aromatic rings. The molecule has 0 aliphatic carbocycles. The maximum Gasteiger partial charge on any atom is 0.328 e. The highest BCUT2D eigenvalue weighted by Crippen LogP contribution is 2.19. The van der Waals surface area contributed by atoms with Crippen LogP contribution in [-0.2, 0) is 23.9 Å². The van der Waals surface area contributed by atoms with Crippen LogP contribution in [0.25, 0.3) is 0 Å². The number of carboxylic acid groups (broad SMARTS) is 1. The van der Waals surface area contributed by atoms with Crippen molar-refractivity contribution in [1.29, 1.82) is 0 Å². The molecule has 0 radical (unpaired) electrons. The number of carbonyl (C=O) groups is 4. The van der Waals surface area contributed by atoms with Gasteiger partial charge in [-0.25, -0.2) is 4.79 Å². The molecule has 0 rings (SSSR count). The van der Waals surface area contributed by atoms with E-state index in [2.05, 4.69) is 97.4 Å². The van der Waals surface area contributed by atoms with E-state index in [9.17, 15) is 19.2 Å². The first-order chi connectivity index (χ1) is 30.8. The van der Waals surface area contributed by atoms with Gasteiger partial charge in [-0.15, -0.1) is 0 Å². The third-order valence-electron chi connectivity index (χ3n) is 11.0. The van der Waals surface area contributed by atoms with Gasteiger partial charge in [-0.3, -0.25) is 14.4 Å². The van der Waals surface area contributed by atoms with Crippen molar-refractivity contribution < 1.29 is 34.1 Å². The molecular weight excluding hydrogens is 789 g/mol. The number of unbranched alkanes of at least 4 members (excludes halogenated alkanes) is 19. The van der Waals surface area contributed by atoms with Crippen LogP contribution in [0.4, 0.5) is 0 Å². The quantitative estimate of drug-likeness (QED) is 0.0271. The zero-order chi connectivity index (χ0) is 46.1. The van der Waals surface area contributed by atoms with Gasteiger partial charge in [0.1, 0.15) is 12.1 Å². The lowest BCUT2D eigenvalue weighted by molar-refractivity contribution is -0.150. The number of amides is 2. The molecular formula is C54H92N2O7. The molecule has 0 heterocycles. The van der Waals surface area contributed by atoms with E-state index >= 15 is 0 Å². The second kappa shape index (κ2) is 47.8. The van der Waals surface area contributed by atoms with Gasteiger partial charge < -0.3 is 25.6 Å². The first kappa shape index (κ1) is 59.3. The third kappa shape index (κ3) is 44.7. The van der Waals surface area contributed by atoms with E-state index < -0.39 is 24.5 Å². The molecule has 2 atom stereocenters. The Balaban J connectivity index is 4.40. The summed E-state index contributed by atoms with van der Waals surface area (Å²) in [7, 11) is 0. The van der Waals surface area contributed by atoms with Crippen molar-refractivity contribution in [3.63, 3.8) is 0 Å². The van der Waals surface area contributed by atoms with Crippen LogP contribution in [0.1, 0.15) is 219 Å². The van der Waals surface area contributed by atoms with Crippen LogP contribution in [0, 0.1) is 0 Å². The number of hydrogen-bond acceptors (Lipinski definition) is 6. The second-order valence-corrected chi connectivity index (χ2v) is 16.9. The highest BCUT2D eigenvalue weighted by Gasteiger charge is 2.19. The van der Waals surface area contributed by atoms with Crippen molar-refractivity contribution in [3.05, 3.63) is 72.9 Å². The number of nitrogens with one attached hydrogen (secondary N) is 2. The molecule has 0 saturated carbocycles. The smallest absolute Gasteiger partial charge is 0.328 e. The van der Waals surface area contributed by atoms with E-state index in [4.69, 9.17) is 14.9 Å². The predicted octanol–water partition coefficient (Wildman–Crippen LogP) is 13.4. The Morgan fingerprint density at radius 2 is 0.905 bits per heavy atom. The zero-order valence-corrected chi connectivity index (χ0v) is 40.1. The lowest BCUT2D eigenvalue weighted by atomic mass is 10.0. The monoisotopic (exact) mass is 881 g/mol. The van der Waals surface area contributed by atoms with Crippen molar-refractivity contribution >= 4 is 23.8 Å². The highest BCUT2D eigenvalue weighted by molar-refractivity contribution is 5.87. The molecule has 0 aromatic heterocycles. The van der Waals surface area contributed by atoms with Crippen molar-refractivity contribution in [3.8, 4) is 0 Å². The van der Waals surface area contributed by atoms with Gasteiger partial charge in [0, 0.05) is 12.8 Å². The molecule has 63 heavy (non-hydrogen) atoms. The third-order valence-corrected chi connectivity index (χ3v) is 11.0. The van der Waals surface area contributed by atoms with Crippen LogP contribution in [0.5, 0.6) is 0 Å². The summed E-state index contributed by atoms with van der Waals surface area (Å²) in [5, 5.41) is 22.6. The molecule has 0 aliphatic rings. The summed E-state index contributed by atoms with van der Waals surface area (Å²) in [5.41, 5.74) is 0. The number of carbonyl (C=O) groups excluding carboxylic acids is 3. The molecule has 2 amide bonds. The molecule has 0 spiro atoms. The molecule has 360 valence electrons. The summed E-state index contributed by atoms with van der Waals surface area (Å²) in [6.07, 6.45) is 60.7. The van der Waals surface area contributed by atoms with Gasteiger partial charge in [-0.05, 0) is 89.9 Å². The van der Waals surface area contributed by atoms with Gasteiger partial charge in [0.25, 0.3) is 0 Å².